The predicted octanol–water partition coefficient (Wildman–Crippen LogP) is 0.647. The van der Waals surface area contributed by atoms with Crippen LogP contribution in [0.4, 0.5) is 9.18 Å². The quantitative estimate of drug-likeness (QED) is 0.269. The highest BCUT2D eigenvalue weighted by molar-refractivity contribution is 8.00. The molecule has 2 aliphatic rings. The van der Waals surface area contributed by atoms with E-state index in [1.165, 1.54) is 0 Å². The van der Waals surface area contributed by atoms with Crippen LogP contribution in [0.1, 0.15) is 52.4 Å². The molecule has 4 N–H and O–H groups in total. The van der Waals surface area contributed by atoms with Gasteiger partial charge in [0.25, 0.3) is 5.56 Å². The van der Waals surface area contributed by atoms with Gasteiger partial charge in [-0.3, -0.25) is 23.9 Å². The van der Waals surface area contributed by atoms with Crippen molar-refractivity contribution in [2.24, 2.45) is 0 Å². The molecule has 33 heavy (non-hydrogen) atoms. The first kappa shape index (κ1) is 25.0. The molecule has 3 atom stereocenters. The van der Waals surface area contributed by atoms with E-state index in [1.54, 1.807) is 4.98 Å². The molecule has 0 saturated carbocycles. The molecule has 2 fully saturated rings. The Kier molecular flexibility index (Phi) is 7.65. The number of nitrogens with zero attached hydrogens (tertiary/aromatic N) is 1. The minimum Gasteiger partial charge on any atom is -0.356 e. The lowest BCUT2D eigenvalue weighted by Gasteiger charge is -2.35. The number of fused-ring (bicyclic) bond motifs is 1. The summed E-state index contributed by atoms with van der Waals surface area (Å²) in [6.45, 7) is 4.13. The van der Waals surface area contributed by atoms with Crippen LogP contribution in [0.15, 0.2) is 15.8 Å². The molecule has 0 radical (unpaired) electrons. The first-order chi connectivity index (χ1) is 15.5. The molecule has 3 amide bonds. The van der Waals surface area contributed by atoms with E-state index in [-0.39, 0.29) is 41.8 Å². The highest BCUT2D eigenvalue weighted by atomic mass is 32.2. The highest BCUT2D eigenvalue weighted by Gasteiger charge is 2.60. The zero-order valence-corrected chi connectivity index (χ0v) is 19.6. The molecular formula is C21H30FN5O5S. The Balaban J connectivity index is 1.29. The number of rotatable bonds is 11. The normalized spacial score (nSPS) is 25.9. The van der Waals surface area contributed by atoms with Crippen LogP contribution in [0.3, 0.4) is 0 Å². The van der Waals surface area contributed by atoms with Crippen molar-refractivity contribution >= 4 is 29.5 Å². The summed E-state index contributed by atoms with van der Waals surface area (Å²) in [7, 11) is 0. The Labute approximate surface area is 194 Å². The monoisotopic (exact) mass is 483 g/mol. The van der Waals surface area contributed by atoms with Crippen molar-refractivity contribution in [2.75, 3.05) is 12.3 Å². The second-order valence-corrected chi connectivity index (χ2v) is 10.2. The number of H-pyrrole nitrogens is 1. The standard InChI is InChI=1S/C21H30FN5O5S/c1-20-12-33-15(21(20,2)26-18(31)25-20)7-3-4-8-16(29)23-9-5-6-13(28)10-27-11-14(22)17(30)24-19(27)32/h11,15H,3-10,12H2,1-2H3,(H,23,29)(H,24,30,32)(H2,25,26,31)/t15?,20-,21+/m1/s1. The van der Waals surface area contributed by atoms with Crippen molar-refractivity contribution in [1.29, 1.82) is 0 Å². The van der Waals surface area contributed by atoms with Crippen LogP contribution in [0.2, 0.25) is 0 Å². The van der Waals surface area contributed by atoms with Crippen LogP contribution in [0.5, 0.6) is 0 Å². The third kappa shape index (κ3) is 5.66. The summed E-state index contributed by atoms with van der Waals surface area (Å²) in [6, 6.07) is -0.124. The van der Waals surface area contributed by atoms with Crippen LogP contribution < -0.4 is 27.2 Å². The Hall–Kier alpha value is -2.63. The number of nitrogens with one attached hydrogen (secondary N) is 4. The fourth-order valence-corrected chi connectivity index (χ4v) is 6.19. The van der Waals surface area contributed by atoms with Crippen molar-refractivity contribution in [2.45, 2.75) is 75.2 Å². The smallest absolute Gasteiger partial charge is 0.328 e. The van der Waals surface area contributed by atoms with E-state index in [0.29, 0.717) is 30.8 Å². The number of aromatic amines is 1. The zero-order chi connectivity index (χ0) is 24.2. The number of Topliss-reactive ketones (excluding diaryl/α,β-unsaturated/α-hetero) is 1. The maximum atomic E-state index is 13.2. The second kappa shape index (κ2) is 10.1. The summed E-state index contributed by atoms with van der Waals surface area (Å²) in [5.74, 6) is -0.667. The van der Waals surface area contributed by atoms with Gasteiger partial charge in [-0.15, -0.1) is 0 Å². The number of hydrogen-bond donors (Lipinski definition) is 4. The van der Waals surface area contributed by atoms with Gasteiger partial charge in [0.2, 0.25) is 11.7 Å². The van der Waals surface area contributed by atoms with Crippen LogP contribution in [0, 0.1) is 5.82 Å². The molecule has 0 aromatic carbocycles. The number of amides is 3. The average molecular weight is 484 g/mol. The number of aromatic nitrogens is 2. The Morgan fingerprint density at radius 2 is 1.94 bits per heavy atom. The Morgan fingerprint density at radius 3 is 2.70 bits per heavy atom. The largest absolute Gasteiger partial charge is 0.356 e. The third-order valence-corrected chi connectivity index (χ3v) is 8.37. The first-order valence-corrected chi connectivity index (χ1v) is 12.1. The molecular weight excluding hydrogens is 453 g/mol. The molecule has 0 bridgehead atoms. The summed E-state index contributed by atoms with van der Waals surface area (Å²) in [5.41, 5.74) is -2.52. The Bertz CT molecular complexity index is 1040. The molecule has 2 aliphatic heterocycles. The van der Waals surface area contributed by atoms with Gasteiger partial charge in [-0.1, -0.05) is 6.42 Å². The molecule has 2 saturated heterocycles. The van der Waals surface area contributed by atoms with Gasteiger partial charge < -0.3 is 16.0 Å². The SMILES string of the molecule is C[C@@]12CSC(CCCCC(=O)NCCCC(=O)Cn3cc(F)c(=O)[nH]c3=O)[C@]1(C)NC(=O)N2. The van der Waals surface area contributed by atoms with Gasteiger partial charge >= 0.3 is 11.7 Å². The summed E-state index contributed by atoms with van der Waals surface area (Å²) in [6.07, 6.45) is 4.12. The molecule has 1 aromatic rings. The lowest BCUT2D eigenvalue weighted by Crippen LogP contribution is -2.58. The molecule has 182 valence electrons. The van der Waals surface area contributed by atoms with Crippen molar-refractivity contribution in [3.8, 4) is 0 Å². The maximum absolute atomic E-state index is 13.2. The topological polar surface area (TPSA) is 142 Å². The number of hydrogen-bond acceptors (Lipinski definition) is 6. The van der Waals surface area contributed by atoms with Crippen LogP contribution in [-0.4, -0.2) is 55.9 Å². The van der Waals surface area contributed by atoms with Crippen molar-refractivity contribution < 1.29 is 18.8 Å². The van der Waals surface area contributed by atoms with E-state index in [4.69, 9.17) is 0 Å². The summed E-state index contributed by atoms with van der Waals surface area (Å²) < 4.78 is 14.1. The average Bonchev–Trinajstić information content (AvgIpc) is 3.10. The van der Waals surface area contributed by atoms with E-state index in [1.807, 2.05) is 11.8 Å². The molecule has 3 heterocycles. The molecule has 10 nitrogen and oxygen atoms in total. The maximum Gasteiger partial charge on any atom is 0.328 e. The molecule has 0 aliphatic carbocycles. The van der Waals surface area contributed by atoms with Crippen molar-refractivity contribution in [3.63, 3.8) is 0 Å². The van der Waals surface area contributed by atoms with Gasteiger partial charge in [-0.25, -0.2) is 9.59 Å². The highest BCUT2D eigenvalue weighted by Crippen LogP contribution is 2.47. The number of halogens is 1. The zero-order valence-electron chi connectivity index (χ0n) is 18.8. The van der Waals surface area contributed by atoms with Gasteiger partial charge in [-0.2, -0.15) is 16.2 Å². The van der Waals surface area contributed by atoms with Gasteiger partial charge in [-0.05, 0) is 33.1 Å². The van der Waals surface area contributed by atoms with E-state index in [2.05, 4.69) is 29.8 Å². The van der Waals surface area contributed by atoms with Crippen LogP contribution in [-0.2, 0) is 16.1 Å². The molecule has 1 aromatic heterocycles. The Morgan fingerprint density at radius 1 is 1.18 bits per heavy atom. The number of carbonyl (C=O) groups excluding carboxylic acids is 3. The number of unbranched alkanes of at least 4 members (excludes halogenated alkanes) is 1. The third-order valence-electron chi connectivity index (χ3n) is 6.51. The van der Waals surface area contributed by atoms with Gasteiger partial charge in [0, 0.05) is 30.4 Å². The molecule has 12 heteroatoms. The van der Waals surface area contributed by atoms with E-state index in [9.17, 15) is 28.4 Å². The minimum atomic E-state index is -1.13. The minimum absolute atomic E-state index is 0.0904. The second-order valence-electron chi connectivity index (χ2n) is 9.02. The molecule has 1 unspecified atom stereocenters. The number of carbonyl (C=O) groups is 3. The van der Waals surface area contributed by atoms with Gasteiger partial charge in [0.15, 0.2) is 5.78 Å². The lowest BCUT2D eigenvalue weighted by atomic mass is 9.79. The van der Waals surface area contributed by atoms with Crippen molar-refractivity contribution in [3.05, 3.63) is 32.9 Å². The lowest BCUT2D eigenvalue weighted by molar-refractivity contribution is -0.122. The van der Waals surface area contributed by atoms with Crippen LogP contribution in [0.25, 0.3) is 0 Å². The fraction of sp³-hybridized carbons (Fsp3) is 0.667. The van der Waals surface area contributed by atoms with E-state index in [0.717, 1.165) is 29.6 Å². The van der Waals surface area contributed by atoms with E-state index < -0.39 is 17.1 Å². The van der Waals surface area contributed by atoms with Crippen LogP contribution >= 0.6 is 11.8 Å². The van der Waals surface area contributed by atoms with Gasteiger partial charge in [0.1, 0.15) is 0 Å². The molecule has 3 rings (SSSR count). The first-order valence-electron chi connectivity index (χ1n) is 11.0. The van der Waals surface area contributed by atoms with Gasteiger partial charge in [0.05, 0.1) is 23.8 Å². The number of thioether (sulfide) groups is 1. The number of urea groups is 1. The summed E-state index contributed by atoms with van der Waals surface area (Å²) >= 11 is 1.85. The number of ketones is 1. The van der Waals surface area contributed by atoms with Crippen molar-refractivity contribution in [1.82, 2.24) is 25.5 Å². The summed E-state index contributed by atoms with van der Waals surface area (Å²) in [5, 5.41) is 9.16. The fourth-order valence-electron chi connectivity index (χ4n) is 4.30. The molecule has 0 spiro atoms. The summed E-state index contributed by atoms with van der Waals surface area (Å²) in [4.78, 5) is 60.2. The van der Waals surface area contributed by atoms with E-state index >= 15 is 0 Å². The predicted molar refractivity (Wildman–Crippen MR) is 122 cm³/mol.